The lowest BCUT2D eigenvalue weighted by molar-refractivity contribution is -0.137. The van der Waals surface area contributed by atoms with Crippen molar-refractivity contribution in [3.05, 3.63) is 58.5 Å². The fourth-order valence-corrected chi connectivity index (χ4v) is 3.23. The Kier molecular flexibility index (Phi) is 5.67. The number of anilines is 1. The Balaban J connectivity index is 1.65. The minimum atomic E-state index is -4.39. The van der Waals surface area contributed by atoms with Gasteiger partial charge >= 0.3 is 6.18 Å². The third-order valence-corrected chi connectivity index (χ3v) is 4.79. The van der Waals surface area contributed by atoms with E-state index in [2.05, 4.69) is 9.88 Å². The van der Waals surface area contributed by atoms with Gasteiger partial charge in [0.15, 0.2) is 0 Å². The maximum Gasteiger partial charge on any atom is 0.417 e. The Morgan fingerprint density at radius 3 is 2.50 bits per heavy atom. The standard InChI is InChI=1S/C18H18ClF4N3/c19-15-3-1-4-16(20)14(15)12-25-7-2-8-26(10-9-25)17-6-5-13(11-24-17)18(21,22)23/h1,3-6,11H,2,7-10,12H2. The topological polar surface area (TPSA) is 19.4 Å². The average Bonchev–Trinajstić information content (AvgIpc) is 2.83. The van der Waals surface area contributed by atoms with Gasteiger partial charge in [0.25, 0.3) is 0 Å². The Morgan fingerprint density at radius 1 is 1.04 bits per heavy atom. The van der Waals surface area contributed by atoms with Crippen molar-refractivity contribution in [2.75, 3.05) is 31.1 Å². The molecule has 1 fully saturated rings. The third-order valence-electron chi connectivity index (χ3n) is 4.43. The second kappa shape index (κ2) is 7.80. The van der Waals surface area contributed by atoms with Gasteiger partial charge in [-0.2, -0.15) is 13.2 Å². The van der Waals surface area contributed by atoms with E-state index in [1.807, 2.05) is 4.90 Å². The van der Waals surface area contributed by atoms with E-state index in [-0.39, 0.29) is 5.82 Å². The zero-order valence-electron chi connectivity index (χ0n) is 13.9. The summed E-state index contributed by atoms with van der Waals surface area (Å²) in [5.41, 5.74) is -0.290. The van der Waals surface area contributed by atoms with Crippen molar-refractivity contribution in [3.63, 3.8) is 0 Å². The largest absolute Gasteiger partial charge is 0.417 e. The van der Waals surface area contributed by atoms with E-state index in [0.29, 0.717) is 42.6 Å². The van der Waals surface area contributed by atoms with Gasteiger partial charge < -0.3 is 4.90 Å². The van der Waals surface area contributed by atoms with Crippen LogP contribution in [0.15, 0.2) is 36.5 Å². The molecule has 0 unspecified atom stereocenters. The molecule has 1 aromatic carbocycles. The zero-order chi connectivity index (χ0) is 18.7. The fourth-order valence-electron chi connectivity index (χ4n) is 3.01. The molecule has 0 atom stereocenters. The minimum Gasteiger partial charge on any atom is -0.355 e. The van der Waals surface area contributed by atoms with Crippen molar-refractivity contribution in [2.45, 2.75) is 19.1 Å². The molecule has 0 aliphatic carbocycles. The molecule has 0 bridgehead atoms. The molecule has 0 amide bonds. The van der Waals surface area contributed by atoms with E-state index in [0.717, 1.165) is 25.2 Å². The second-order valence-corrected chi connectivity index (χ2v) is 6.63. The van der Waals surface area contributed by atoms with Crippen LogP contribution in [-0.2, 0) is 12.7 Å². The number of pyridine rings is 1. The van der Waals surface area contributed by atoms with Crippen molar-refractivity contribution in [1.82, 2.24) is 9.88 Å². The lowest BCUT2D eigenvalue weighted by Gasteiger charge is -2.23. The van der Waals surface area contributed by atoms with Gasteiger partial charge in [-0.1, -0.05) is 17.7 Å². The average molecular weight is 388 g/mol. The summed E-state index contributed by atoms with van der Waals surface area (Å²) < 4.78 is 51.9. The normalized spacial score (nSPS) is 16.6. The van der Waals surface area contributed by atoms with Crippen LogP contribution >= 0.6 is 11.6 Å². The number of halogens is 5. The van der Waals surface area contributed by atoms with Crippen molar-refractivity contribution >= 4 is 17.4 Å². The Morgan fingerprint density at radius 2 is 1.85 bits per heavy atom. The molecule has 0 spiro atoms. The van der Waals surface area contributed by atoms with Gasteiger partial charge in [0.05, 0.1) is 5.56 Å². The van der Waals surface area contributed by atoms with Crippen molar-refractivity contribution in [2.24, 2.45) is 0 Å². The number of hydrogen-bond donors (Lipinski definition) is 0. The van der Waals surface area contributed by atoms with E-state index < -0.39 is 11.7 Å². The second-order valence-electron chi connectivity index (χ2n) is 6.22. The summed E-state index contributed by atoms with van der Waals surface area (Å²) in [6, 6.07) is 7.06. The molecule has 0 N–H and O–H groups in total. The molecule has 0 saturated carbocycles. The van der Waals surface area contributed by atoms with Crippen molar-refractivity contribution < 1.29 is 17.6 Å². The Hall–Kier alpha value is -1.86. The SMILES string of the molecule is Fc1cccc(Cl)c1CN1CCCN(c2ccc(C(F)(F)F)cn2)CC1. The Bertz CT molecular complexity index is 729. The highest BCUT2D eigenvalue weighted by Crippen LogP contribution is 2.29. The number of nitrogens with zero attached hydrogens (tertiary/aromatic N) is 3. The van der Waals surface area contributed by atoms with Gasteiger partial charge in [0, 0.05) is 49.5 Å². The number of rotatable bonds is 3. The van der Waals surface area contributed by atoms with Gasteiger partial charge in [0.1, 0.15) is 11.6 Å². The predicted octanol–water partition coefficient (Wildman–Crippen LogP) is 4.61. The summed E-state index contributed by atoms with van der Waals surface area (Å²) in [6.45, 7) is 3.08. The van der Waals surface area contributed by atoms with E-state index >= 15 is 0 Å². The molecular formula is C18H18ClF4N3. The molecule has 1 aromatic heterocycles. The smallest absolute Gasteiger partial charge is 0.355 e. The van der Waals surface area contributed by atoms with Gasteiger partial charge in [-0.05, 0) is 30.7 Å². The molecule has 1 aliphatic heterocycles. The van der Waals surface area contributed by atoms with Crippen LogP contribution in [0.4, 0.5) is 23.4 Å². The van der Waals surface area contributed by atoms with Crippen LogP contribution in [-0.4, -0.2) is 36.1 Å². The highest BCUT2D eigenvalue weighted by molar-refractivity contribution is 6.31. The van der Waals surface area contributed by atoms with Crippen molar-refractivity contribution in [3.8, 4) is 0 Å². The highest BCUT2D eigenvalue weighted by atomic mass is 35.5. The summed E-state index contributed by atoms with van der Waals surface area (Å²) >= 11 is 6.09. The van der Waals surface area contributed by atoms with Crippen LogP contribution in [0.25, 0.3) is 0 Å². The molecule has 3 nitrogen and oxygen atoms in total. The highest BCUT2D eigenvalue weighted by Gasteiger charge is 2.31. The van der Waals surface area contributed by atoms with E-state index in [1.165, 1.54) is 12.1 Å². The molecular weight excluding hydrogens is 370 g/mol. The summed E-state index contributed by atoms with van der Waals surface area (Å²) in [6.07, 6.45) is -2.73. The lowest BCUT2D eigenvalue weighted by atomic mass is 10.2. The molecule has 1 saturated heterocycles. The summed E-state index contributed by atoms with van der Waals surface area (Å²) in [5.74, 6) is 0.187. The van der Waals surface area contributed by atoms with Crippen LogP contribution in [0.5, 0.6) is 0 Å². The van der Waals surface area contributed by atoms with E-state index in [9.17, 15) is 17.6 Å². The molecule has 140 valence electrons. The predicted molar refractivity (Wildman–Crippen MR) is 92.8 cm³/mol. The van der Waals surface area contributed by atoms with Crippen LogP contribution in [0, 0.1) is 5.82 Å². The molecule has 3 rings (SSSR count). The molecule has 0 radical (unpaired) electrons. The van der Waals surface area contributed by atoms with Gasteiger partial charge in [0.2, 0.25) is 0 Å². The third kappa shape index (κ3) is 4.45. The van der Waals surface area contributed by atoms with Crippen LogP contribution in [0.3, 0.4) is 0 Å². The van der Waals surface area contributed by atoms with Crippen LogP contribution in [0.1, 0.15) is 17.5 Å². The van der Waals surface area contributed by atoms with E-state index in [1.54, 1.807) is 12.1 Å². The van der Waals surface area contributed by atoms with Crippen LogP contribution < -0.4 is 4.90 Å². The maximum atomic E-state index is 14.0. The molecule has 26 heavy (non-hydrogen) atoms. The quantitative estimate of drug-likeness (QED) is 0.717. The molecule has 1 aliphatic rings. The van der Waals surface area contributed by atoms with E-state index in [4.69, 9.17) is 11.6 Å². The Labute approximate surface area is 154 Å². The maximum absolute atomic E-state index is 14.0. The van der Waals surface area contributed by atoms with Gasteiger partial charge in [-0.15, -0.1) is 0 Å². The number of hydrogen-bond acceptors (Lipinski definition) is 3. The first-order chi connectivity index (χ1) is 12.3. The summed E-state index contributed by atoms with van der Waals surface area (Å²) in [5, 5.41) is 0.399. The fraction of sp³-hybridized carbons (Fsp3) is 0.389. The number of benzene rings is 1. The lowest BCUT2D eigenvalue weighted by Crippen LogP contribution is -2.31. The number of alkyl halides is 3. The first-order valence-electron chi connectivity index (χ1n) is 8.28. The molecule has 8 heteroatoms. The summed E-state index contributed by atoms with van der Waals surface area (Å²) in [4.78, 5) is 7.99. The van der Waals surface area contributed by atoms with Crippen LogP contribution in [0.2, 0.25) is 5.02 Å². The van der Waals surface area contributed by atoms with Gasteiger partial charge in [-0.25, -0.2) is 9.37 Å². The molecule has 2 aromatic rings. The first-order valence-corrected chi connectivity index (χ1v) is 8.66. The monoisotopic (exact) mass is 387 g/mol. The minimum absolute atomic E-state index is 0.331. The summed E-state index contributed by atoms with van der Waals surface area (Å²) in [7, 11) is 0. The first kappa shape index (κ1) is 18.9. The zero-order valence-corrected chi connectivity index (χ0v) is 14.7. The van der Waals surface area contributed by atoms with Crippen molar-refractivity contribution in [1.29, 1.82) is 0 Å². The number of aromatic nitrogens is 1. The van der Waals surface area contributed by atoms with Gasteiger partial charge in [-0.3, -0.25) is 4.90 Å². The molecule has 2 heterocycles.